The number of Topliss-reactive ketones (excluding diaryl/α,β-unsaturated/α-hetero) is 1. The average Bonchev–Trinajstić information content (AvgIpc) is 2.36. The molecule has 2 rings (SSSR count). The van der Waals surface area contributed by atoms with Crippen LogP contribution in [0.15, 0.2) is 36.5 Å². The summed E-state index contributed by atoms with van der Waals surface area (Å²) in [6.07, 6.45) is 4.92. The van der Waals surface area contributed by atoms with Gasteiger partial charge >= 0.3 is 0 Å². The smallest absolute Gasteiger partial charge is 0.133 e. The van der Waals surface area contributed by atoms with Gasteiger partial charge in [0.15, 0.2) is 0 Å². The first-order valence-electron chi connectivity index (χ1n) is 6.15. The Morgan fingerprint density at radius 1 is 1.18 bits per heavy atom. The SMILES string of the molecule is CCCC(=O)CCc1ccnc2ccccc12. The van der Waals surface area contributed by atoms with Gasteiger partial charge in [-0.1, -0.05) is 25.1 Å². The summed E-state index contributed by atoms with van der Waals surface area (Å²) in [5, 5.41) is 1.17. The highest BCUT2D eigenvalue weighted by molar-refractivity contribution is 5.83. The van der Waals surface area contributed by atoms with Gasteiger partial charge in [0.1, 0.15) is 5.78 Å². The fourth-order valence-electron chi connectivity index (χ4n) is 2.05. The Hall–Kier alpha value is -1.70. The molecule has 0 amide bonds. The molecule has 0 aliphatic heterocycles. The second kappa shape index (κ2) is 5.58. The number of pyridine rings is 1. The average molecular weight is 227 g/mol. The zero-order chi connectivity index (χ0) is 12.1. The van der Waals surface area contributed by atoms with Gasteiger partial charge in [-0.15, -0.1) is 0 Å². The molecule has 0 N–H and O–H groups in total. The van der Waals surface area contributed by atoms with E-state index in [-0.39, 0.29) is 0 Å². The molecule has 0 fully saturated rings. The number of carbonyl (C=O) groups excluding carboxylic acids is 1. The van der Waals surface area contributed by atoms with Gasteiger partial charge in [-0.25, -0.2) is 0 Å². The topological polar surface area (TPSA) is 30.0 Å². The maximum atomic E-state index is 11.5. The number of rotatable bonds is 5. The molecule has 2 aromatic rings. The summed E-state index contributed by atoms with van der Waals surface area (Å²) >= 11 is 0. The summed E-state index contributed by atoms with van der Waals surface area (Å²) in [6.45, 7) is 2.04. The van der Waals surface area contributed by atoms with Crippen molar-refractivity contribution >= 4 is 16.7 Å². The minimum absolute atomic E-state index is 0.355. The molecular weight excluding hydrogens is 210 g/mol. The third-order valence-corrected chi connectivity index (χ3v) is 2.94. The van der Waals surface area contributed by atoms with Gasteiger partial charge < -0.3 is 0 Å². The number of aryl methyl sites for hydroxylation is 1. The van der Waals surface area contributed by atoms with Gasteiger partial charge in [0, 0.05) is 24.4 Å². The van der Waals surface area contributed by atoms with Crippen LogP contribution in [-0.4, -0.2) is 10.8 Å². The lowest BCUT2D eigenvalue weighted by molar-refractivity contribution is -0.119. The van der Waals surface area contributed by atoms with Crippen molar-refractivity contribution < 1.29 is 4.79 Å². The molecule has 17 heavy (non-hydrogen) atoms. The molecule has 0 atom stereocenters. The quantitative estimate of drug-likeness (QED) is 0.782. The fourth-order valence-corrected chi connectivity index (χ4v) is 2.05. The lowest BCUT2D eigenvalue weighted by Crippen LogP contribution is -2.00. The number of aromatic nitrogens is 1. The van der Waals surface area contributed by atoms with Crippen LogP contribution in [0.2, 0.25) is 0 Å². The van der Waals surface area contributed by atoms with Crippen LogP contribution in [0, 0.1) is 0 Å². The first-order chi connectivity index (χ1) is 8.31. The highest BCUT2D eigenvalue weighted by atomic mass is 16.1. The van der Waals surface area contributed by atoms with E-state index in [4.69, 9.17) is 0 Å². The minimum Gasteiger partial charge on any atom is -0.300 e. The molecule has 1 aromatic carbocycles. The van der Waals surface area contributed by atoms with Crippen molar-refractivity contribution in [2.45, 2.75) is 32.6 Å². The van der Waals surface area contributed by atoms with E-state index < -0.39 is 0 Å². The van der Waals surface area contributed by atoms with Gasteiger partial charge in [-0.2, -0.15) is 0 Å². The first kappa shape index (κ1) is 11.8. The van der Waals surface area contributed by atoms with Crippen LogP contribution in [0.5, 0.6) is 0 Å². The van der Waals surface area contributed by atoms with E-state index >= 15 is 0 Å². The van der Waals surface area contributed by atoms with Gasteiger partial charge in [0.2, 0.25) is 0 Å². The van der Waals surface area contributed by atoms with Crippen LogP contribution in [0.3, 0.4) is 0 Å². The number of ketones is 1. The normalized spacial score (nSPS) is 10.6. The molecular formula is C15H17NO. The summed E-state index contributed by atoms with van der Waals surface area (Å²) in [5.74, 6) is 0.355. The molecule has 0 radical (unpaired) electrons. The molecule has 1 aromatic heterocycles. The van der Waals surface area contributed by atoms with Crippen LogP contribution >= 0.6 is 0 Å². The van der Waals surface area contributed by atoms with Gasteiger partial charge in [-0.3, -0.25) is 9.78 Å². The van der Waals surface area contributed by atoms with Crippen LogP contribution in [0.4, 0.5) is 0 Å². The summed E-state index contributed by atoms with van der Waals surface area (Å²) < 4.78 is 0. The Morgan fingerprint density at radius 2 is 2.00 bits per heavy atom. The van der Waals surface area contributed by atoms with Crippen LogP contribution in [0.25, 0.3) is 10.9 Å². The second-order valence-electron chi connectivity index (χ2n) is 4.28. The zero-order valence-electron chi connectivity index (χ0n) is 10.1. The first-order valence-corrected chi connectivity index (χ1v) is 6.15. The molecule has 0 saturated heterocycles. The van der Waals surface area contributed by atoms with E-state index in [9.17, 15) is 4.79 Å². The van der Waals surface area contributed by atoms with Crippen LogP contribution in [-0.2, 0) is 11.2 Å². The van der Waals surface area contributed by atoms with E-state index in [1.807, 2.05) is 37.4 Å². The number of hydrogen-bond donors (Lipinski definition) is 0. The molecule has 0 bridgehead atoms. The van der Waals surface area contributed by atoms with E-state index in [0.717, 1.165) is 18.4 Å². The molecule has 0 aliphatic rings. The largest absolute Gasteiger partial charge is 0.300 e. The van der Waals surface area contributed by atoms with Crippen molar-refractivity contribution in [1.29, 1.82) is 0 Å². The fraction of sp³-hybridized carbons (Fsp3) is 0.333. The van der Waals surface area contributed by atoms with E-state index in [1.54, 1.807) is 0 Å². The van der Waals surface area contributed by atoms with Crippen LogP contribution in [0.1, 0.15) is 31.7 Å². The number of benzene rings is 1. The number of fused-ring (bicyclic) bond motifs is 1. The third-order valence-electron chi connectivity index (χ3n) is 2.94. The Kier molecular flexibility index (Phi) is 3.86. The number of nitrogens with zero attached hydrogens (tertiary/aromatic N) is 1. The van der Waals surface area contributed by atoms with Crippen molar-refractivity contribution in [2.75, 3.05) is 0 Å². The highest BCUT2D eigenvalue weighted by Gasteiger charge is 2.04. The third kappa shape index (κ3) is 2.90. The summed E-state index contributed by atoms with van der Waals surface area (Å²) in [6, 6.07) is 10.1. The molecule has 2 nitrogen and oxygen atoms in total. The maximum Gasteiger partial charge on any atom is 0.133 e. The van der Waals surface area contributed by atoms with Crippen molar-refractivity contribution in [3.8, 4) is 0 Å². The van der Waals surface area contributed by atoms with Crippen molar-refractivity contribution in [3.63, 3.8) is 0 Å². The van der Waals surface area contributed by atoms with Gasteiger partial charge in [0.05, 0.1) is 5.52 Å². The second-order valence-corrected chi connectivity index (χ2v) is 4.28. The molecule has 2 heteroatoms. The summed E-state index contributed by atoms with van der Waals surface area (Å²) in [4.78, 5) is 15.9. The van der Waals surface area contributed by atoms with Gasteiger partial charge in [0.25, 0.3) is 0 Å². The van der Waals surface area contributed by atoms with Crippen LogP contribution < -0.4 is 0 Å². The molecule has 0 aliphatic carbocycles. The standard InChI is InChI=1S/C15H17NO/c1-2-5-13(17)9-8-12-10-11-16-15-7-4-3-6-14(12)15/h3-4,6-7,10-11H,2,5,8-9H2,1H3. The number of carbonyl (C=O) groups is 1. The monoisotopic (exact) mass is 227 g/mol. The van der Waals surface area contributed by atoms with E-state index in [2.05, 4.69) is 11.1 Å². The lowest BCUT2D eigenvalue weighted by atomic mass is 10.0. The Morgan fingerprint density at radius 3 is 2.82 bits per heavy atom. The van der Waals surface area contributed by atoms with Gasteiger partial charge in [-0.05, 0) is 30.5 Å². The lowest BCUT2D eigenvalue weighted by Gasteiger charge is -2.05. The molecule has 0 unspecified atom stereocenters. The Bertz CT molecular complexity index is 514. The number of hydrogen-bond acceptors (Lipinski definition) is 2. The molecule has 1 heterocycles. The summed E-state index contributed by atoms with van der Waals surface area (Å²) in [5.41, 5.74) is 2.23. The van der Waals surface area contributed by atoms with E-state index in [1.165, 1.54) is 10.9 Å². The Balaban J connectivity index is 2.16. The summed E-state index contributed by atoms with van der Waals surface area (Å²) in [7, 11) is 0. The van der Waals surface area contributed by atoms with E-state index in [0.29, 0.717) is 18.6 Å². The van der Waals surface area contributed by atoms with Crippen molar-refractivity contribution in [3.05, 3.63) is 42.1 Å². The zero-order valence-corrected chi connectivity index (χ0v) is 10.1. The predicted octanol–water partition coefficient (Wildman–Crippen LogP) is 3.54. The maximum absolute atomic E-state index is 11.5. The minimum atomic E-state index is 0.355. The molecule has 0 saturated carbocycles. The van der Waals surface area contributed by atoms with Crippen molar-refractivity contribution in [1.82, 2.24) is 4.98 Å². The Labute approximate surface area is 102 Å². The molecule has 88 valence electrons. The highest BCUT2D eigenvalue weighted by Crippen LogP contribution is 2.17. The number of para-hydroxylation sites is 1. The van der Waals surface area contributed by atoms with Crippen molar-refractivity contribution in [2.24, 2.45) is 0 Å². The predicted molar refractivity (Wildman–Crippen MR) is 70.0 cm³/mol. The molecule has 0 spiro atoms.